The average molecular weight is 232 g/mol. The third-order valence-electron chi connectivity index (χ3n) is 5.19. The van der Waals surface area contributed by atoms with Gasteiger partial charge in [-0.2, -0.15) is 10.1 Å². The van der Waals surface area contributed by atoms with Crippen LogP contribution in [0.5, 0.6) is 0 Å². The van der Waals surface area contributed by atoms with Crippen molar-refractivity contribution in [3.05, 3.63) is 5.82 Å². The molecule has 0 amide bonds. The van der Waals surface area contributed by atoms with Crippen LogP contribution in [0.25, 0.3) is 0 Å². The molecule has 0 unspecified atom stereocenters. The van der Waals surface area contributed by atoms with Crippen molar-refractivity contribution in [2.24, 2.45) is 17.8 Å². The maximum atomic E-state index is 6.05. The summed E-state index contributed by atoms with van der Waals surface area (Å²) in [7, 11) is 0. The van der Waals surface area contributed by atoms with Gasteiger partial charge in [0.05, 0.1) is 5.54 Å². The first-order chi connectivity index (χ1) is 8.14. The van der Waals surface area contributed by atoms with E-state index in [-0.39, 0.29) is 5.54 Å². The number of nitrogens with zero attached hydrogens (tertiary/aromatic N) is 3. The molecule has 4 nitrogen and oxygen atoms in total. The van der Waals surface area contributed by atoms with Gasteiger partial charge in [-0.05, 0) is 63.2 Å². The van der Waals surface area contributed by atoms with Crippen molar-refractivity contribution < 1.29 is 0 Å². The second-order valence-electron chi connectivity index (χ2n) is 6.57. The van der Waals surface area contributed by atoms with Gasteiger partial charge in [-0.15, -0.1) is 0 Å². The summed E-state index contributed by atoms with van der Waals surface area (Å²) < 4.78 is 2.08. The van der Waals surface area contributed by atoms with Gasteiger partial charge < -0.3 is 5.73 Å². The normalized spacial score (nSPS) is 43.2. The number of hydrogen-bond acceptors (Lipinski definition) is 3. The Morgan fingerprint density at radius 2 is 1.65 bits per heavy atom. The van der Waals surface area contributed by atoms with Gasteiger partial charge in [-0.1, -0.05) is 0 Å². The molecule has 0 aromatic carbocycles. The van der Waals surface area contributed by atoms with Crippen LogP contribution in [-0.4, -0.2) is 14.8 Å². The molecule has 4 bridgehead atoms. The van der Waals surface area contributed by atoms with Crippen LogP contribution in [0.4, 0.5) is 5.95 Å². The van der Waals surface area contributed by atoms with Crippen LogP contribution in [0.2, 0.25) is 0 Å². The Morgan fingerprint density at radius 1 is 1.12 bits per heavy atom. The summed E-state index contributed by atoms with van der Waals surface area (Å²) in [5.74, 6) is 4.21. The number of anilines is 1. The van der Waals surface area contributed by atoms with Crippen molar-refractivity contribution in [1.29, 1.82) is 0 Å². The number of aromatic nitrogens is 3. The van der Waals surface area contributed by atoms with E-state index in [1.807, 2.05) is 6.92 Å². The highest BCUT2D eigenvalue weighted by molar-refractivity contribution is 5.21. The Labute approximate surface area is 102 Å². The van der Waals surface area contributed by atoms with E-state index in [4.69, 9.17) is 5.73 Å². The largest absolute Gasteiger partial charge is 0.368 e. The fourth-order valence-electron chi connectivity index (χ4n) is 5.10. The van der Waals surface area contributed by atoms with Gasteiger partial charge in [0.25, 0.3) is 0 Å². The number of nitrogens with two attached hydrogens (primary N) is 1. The molecule has 0 radical (unpaired) electrons. The van der Waals surface area contributed by atoms with Gasteiger partial charge >= 0.3 is 0 Å². The van der Waals surface area contributed by atoms with Crippen LogP contribution in [0.15, 0.2) is 0 Å². The molecule has 0 aliphatic heterocycles. The number of nitrogen functional groups attached to an aromatic ring is 1. The van der Waals surface area contributed by atoms with Gasteiger partial charge in [0.15, 0.2) is 0 Å². The topological polar surface area (TPSA) is 56.7 Å². The predicted octanol–water partition coefficient (Wildman–Crippen LogP) is 2.09. The third kappa shape index (κ3) is 1.30. The second-order valence-corrected chi connectivity index (χ2v) is 6.57. The quantitative estimate of drug-likeness (QED) is 0.806. The standard InChI is InChI=1S/C13H20N4/c1-8-15-12(14)17(16-8)13-5-9-2-10(6-13)4-11(3-9)7-13/h9-11H,2-7H2,1H3,(H2,14,15,16). The van der Waals surface area contributed by atoms with E-state index in [9.17, 15) is 0 Å². The van der Waals surface area contributed by atoms with Crippen molar-refractivity contribution in [2.45, 2.75) is 51.0 Å². The average Bonchev–Trinajstić information content (AvgIpc) is 2.56. The monoisotopic (exact) mass is 232 g/mol. The van der Waals surface area contributed by atoms with E-state index in [2.05, 4.69) is 14.8 Å². The summed E-state index contributed by atoms with van der Waals surface area (Å²) >= 11 is 0. The molecule has 1 heterocycles. The summed E-state index contributed by atoms with van der Waals surface area (Å²) in [6, 6.07) is 0. The Hall–Kier alpha value is -1.06. The minimum Gasteiger partial charge on any atom is -0.368 e. The molecule has 4 aliphatic carbocycles. The molecule has 2 N–H and O–H groups in total. The maximum absolute atomic E-state index is 6.05. The molecule has 1 aromatic rings. The molecule has 4 fully saturated rings. The van der Waals surface area contributed by atoms with E-state index in [1.54, 1.807) is 0 Å². The van der Waals surface area contributed by atoms with Crippen molar-refractivity contribution in [3.63, 3.8) is 0 Å². The number of aryl methyl sites for hydroxylation is 1. The SMILES string of the molecule is Cc1nc(N)n(C23CC4CC(CC(C4)C2)C3)n1. The van der Waals surface area contributed by atoms with Crippen LogP contribution < -0.4 is 5.73 Å². The molecule has 4 aliphatic rings. The van der Waals surface area contributed by atoms with Gasteiger partial charge in [-0.3, -0.25) is 0 Å². The molecule has 17 heavy (non-hydrogen) atoms. The molecule has 4 saturated carbocycles. The van der Waals surface area contributed by atoms with Gasteiger partial charge in [-0.25, -0.2) is 4.68 Å². The summed E-state index contributed by atoms with van der Waals surface area (Å²) in [6.45, 7) is 1.94. The number of rotatable bonds is 1. The fourth-order valence-corrected chi connectivity index (χ4v) is 5.10. The Balaban J connectivity index is 1.79. The Bertz CT molecular complexity index is 427. The zero-order valence-corrected chi connectivity index (χ0v) is 10.4. The van der Waals surface area contributed by atoms with Crippen LogP contribution >= 0.6 is 0 Å². The predicted molar refractivity (Wildman–Crippen MR) is 65.3 cm³/mol. The molecule has 1 aromatic heterocycles. The minimum absolute atomic E-state index is 0.222. The maximum Gasteiger partial charge on any atom is 0.219 e. The first-order valence-electron chi connectivity index (χ1n) is 6.84. The van der Waals surface area contributed by atoms with Crippen LogP contribution in [0, 0.1) is 24.7 Å². The van der Waals surface area contributed by atoms with Crippen LogP contribution in [0.1, 0.15) is 44.3 Å². The van der Waals surface area contributed by atoms with E-state index in [0.717, 1.165) is 23.6 Å². The smallest absolute Gasteiger partial charge is 0.219 e. The van der Waals surface area contributed by atoms with E-state index in [1.165, 1.54) is 38.5 Å². The van der Waals surface area contributed by atoms with Crippen LogP contribution in [-0.2, 0) is 5.54 Å². The van der Waals surface area contributed by atoms with Crippen molar-refractivity contribution in [3.8, 4) is 0 Å². The van der Waals surface area contributed by atoms with Gasteiger partial charge in [0.1, 0.15) is 5.82 Å². The Morgan fingerprint density at radius 3 is 2.06 bits per heavy atom. The van der Waals surface area contributed by atoms with Gasteiger partial charge in [0, 0.05) is 0 Å². The van der Waals surface area contributed by atoms with E-state index >= 15 is 0 Å². The minimum atomic E-state index is 0.222. The highest BCUT2D eigenvalue weighted by Gasteiger charge is 2.53. The van der Waals surface area contributed by atoms with E-state index < -0.39 is 0 Å². The fraction of sp³-hybridized carbons (Fsp3) is 0.846. The summed E-state index contributed by atoms with van der Waals surface area (Å²) in [5, 5.41) is 4.58. The lowest BCUT2D eigenvalue weighted by atomic mass is 9.53. The summed E-state index contributed by atoms with van der Waals surface area (Å²) in [5.41, 5.74) is 6.27. The first kappa shape index (κ1) is 9.92. The molecule has 0 spiro atoms. The highest BCUT2D eigenvalue weighted by Crippen LogP contribution is 2.58. The molecular formula is C13H20N4. The lowest BCUT2D eigenvalue weighted by Gasteiger charge is -2.56. The molecule has 4 heteroatoms. The van der Waals surface area contributed by atoms with E-state index in [0.29, 0.717) is 5.95 Å². The zero-order valence-electron chi connectivity index (χ0n) is 10.4. The van der Waals surface area contributed by atoms with Gasteiger partial charge in [0.2, 0.25) is 5.95 Å². The van der Waals surface area contributed by atoms with Crippen molar-refractivity contribution in [2.75, 3.05) is 5.73 Å². The summed E-state index contributed by atoms with van der Waals surface area (Å²) in [6.07, 6.45) is 8.20. The van der Waals surface area contributed by atoms with Crippen molar-refractivity contribution >= 4 is 5.95 Å². The molecular weight excluding hydrogens is 212 g/mol. The zero-order chi connectivity index (χ0) is 11.6. The summed E-state index contributed by atoms with van der Waals surface area (Å²) in [4.78, 5) is 4.30. The molecule has 0 saturated heterocycles. The molecule has 0 atom stereocenters. The lowest BCUT2D eigenvalue weighted by Crippen LogP contribution is -2.52. The lowest BCUT2D eigenvalue weighted by molar-refractivity contribution is -0.0483. The molecule has 5 rings (SSSR count). The van der Waals surface area contributed by atoms with Crippen LogP contribution in [0.3, 0.4) is 0 Å². The number of hydrogen-bond donors (Lipinski definition) is 1. The third-order valence-corrected chi connectivity index (χ3v) is 5.19. The first-order valence-corrected chi connectivity index (χ1v) is 6.84. The highest BCUT2D eigenvalue weighted by atomic mass is 15.4. The van der Waals surface area contributed by atoms with Crippen molar-refractivity contribution in [1.82, 2.24) is 14.8 Å². The Kier molecular flexibility index (Phi) is 1.77. The second kappa shape index (κ2) is 3.03. The molecule has 92 valence electrons.